The van der Waals surface area contributed by atoms with Crippen LogP contribution in [0.25, 0.3) is 0 Å². The molecule has 1 saturated heterocycles. The number of rotatable bonds is 5. The van der Waals surface area contributed by atoms with Gasteiger partial charge in [0.1, 0.15) is 12.7 Å². The maximum Gasteiger partial charge on any atom is 0.303 e. The minimum atomic E-state index is -1.40. The van der Waals surface area contributed by atoms with Gasteiger partial charge in [-0.25, -0.2) is 0 Å². The Balaban J connectivity index is 3.26. The van der Waals surface area contributed by atoms with Gasteiger partial charge in [0.15, 0.2) is 17.8 Å². The summed E-state index contributed by atoms with van der Waals surface area (Å²) < 4.78 is 26.6. The summed E-state index contributed by atoms with van der Waals surface area (Å²) >= 11 is 0. The molecule has 0 spiro atoms. The average Bonchev–Trinajstić information content (AvgIpc) is 2.44. The van der Waals surface area contributed by atoms with Crippen molar-refractivity contribution in [1.29, 1.82) is 0 Å². The van der Waals surface area contributed by atoms with Crippen LogP contribution in [0.15, 0.2) is 0 Å². The third-order valence-corrected chi connectivity index (χ3v) is 3.83. The van der Waals surface area contributed by atoms with Crippen molar-refractivity contribution < 1.29 is 42.9 Å². The lowest BCUT2D eigenvalue weighted by atomic mass is 9.83. The zero-order valence-electron chi connectivity index (χ0n) is 15.2. The first kappa shape index (κ1) is 20.9. The van der Waals surface area contributed by atoms with Crippen LogP contribution in [-0.4, -0.2) is 60.5 Å². The molecule has 1 unspecified atom stereocenters. The number of carbonyl (C=O) groups is 4. The van der Waals surface area contributed by atoms with E-state index in [4.69, 9.17) is 23.7 Å². The van der Waals surface area contributed by atoms with Gasteiger partial charge in [-0.05, 0) is 13.8 Å². The summed E-state index contributed by atoms with van der Waals surface area (Å²) in [7, 11) is 0. The molecule has 9 nitrogen and oxygen atoms in total. The molecule has 142 valence electrons. The quantitative estimate of drug-likeness (QED) is 0.511. The summed E-state index contributed by atoms with van der Waals surface area (Å²) in [6.07, 6.45) is -3.88. The van der Waals surface area contributed by atoms with Crippen molar-refractivity contribution in [3.63, 3.8) is 0 Å². The van der Waals surface area contributed by atoms with E-state index < -0.39 is 53.9 Å². The minimum absolute atomic E-state index is 0.217. The molecule has 0 amide bonds. The molecule has 0 bridgehead atoms. The normalized spacial score (nSPS) is 31.6. The predicted molar refractivity (Wildman–Crippen MR) is 82.2 cm³/mol. The molecule has 25 heavy (non-hydrogen) atoms. The topological polar surface area (TPSA) is 114 Å². The highest BCUT2D eigenvalue weighted by Gasteiger charge is 2.58. The van der Waals surface area contributed by atoms with Crippen LogP contribution in [0.4, 0.5) is 0 Å². The zero-order valence-corrected chi connectivity index (χ0v) is 15.2. The highest BCUT2D eigenvalue weighted by molar-refractivity contribution is 5.69. The Kier molecular flexibility index (Phi) is 6.92. The van der Waals surface area contributed by atoms with Gasteiger partial charge in [-0.15, -0.1) is 0 Å². The van der Waals surface area contributed by atoms with Gasteiger partial charge < -0.3 is 23.7 Å². The van der Waals surface area contributed by atoms with Crippen LogP contribution < -0.4 is 0 Å². The van der Waals surface area contributed by atoms with Crippen molar-refractivity contribution in [2.45, 2.75) is 71.6 Å². The van der Waals surface area contributed by atoms with Crippen LogP contribution in [0, 0.1) is 0 Å². The van der Waals surface area contributed by atoms with Gasteiger partial charge in [0.05, 0.1) is 6.10 Å². The van der Waals surface area contributed by atoms with Crippen molar-refractivity contribution in [2.24, 2.45) is 0 Å². The second kappa shape index (κ2) is 8.28. The number of carbonyl (C=O) groups excluding carboxylic acids is 4. The van der Waals surface area contributed by atoms with Crippen molar-refractivity contribution in [1.82, 2.24) is 0 Å². The molecular weight excluding hydrogens is 336 g/mol. The second-order valence-electron chi connectivity index (χ2n) is 6.00. The molecule has 1 aliphatic heterocycles. The monoisotopic (exact) mass is 360 g/mol. The molecule has 0 saturated carbocycles. The Morgan fingerprint density at radius 3 is 1.92 bits per heavy atom. The summed E-state index contributed by atoms with van der Waals surface area (Å²) in [6, 6.07) is 0. The maximum atomic E-state index is 11.6. The Hall–Kier alpha value is -2.16. The van der Waals surface area contributed by atoms with E-state index in [2.05, 4.69) is 0 Å². The van der Waals surface area contributed by atoms with Crippen LogP contribution in [0.3, 0.4) is 0 Å². The first-order chi connectivity index (χ1) is 11.5. The number of esters is 4. The Morgan fingerprint density at radius 1 is 0.920 bits per heavy atom. The van der Waals surface area contributed by atoms with Crippen molar-refractivity contribution >= 4 is 23.9 Å². The van der Waals surface area contributed by atoms with Gasteiger partial charge in [0.2, 0.25) is 0 Å². The molecule has 0 aromatic rings. The maximum absolute atomic E-state index is 11.6. The van der Waals surface area contributed by atoms with Gasteiger partial charge in [0.25, 0.3) is 0 Å². The SMILES string of the molecule is CC(=O)OC[C@H]1OC(C)[C@@](C)(OC(C)=O)[C@@H](OC(C)=O)[C@@H]1OC(C)=O. The third kappa shape index (κ3) is 5.42. The summed E-state index contributed by atoms with van der Waals surface area (Å²) in [5.41, 5.74) is -1.40. The minimum Gasteiger partial charge on any atom is -0.463 e. The first-order valence-corrected chi connectivity index (χ1v) is 7.80. The molecule has 1 fully saturated rings. The highest BCUT2D eigenvalue weighted by Crippen LogP contribution is 2.37. The number of ether oxygens (including phenoxy) is 5. The lowest BCUT2D eigenvalue weighted by molar-refractivity contribution is -0.279. The van der Waals surface area contributed by atoms with Crippen LogP contribution in [0.5, 0.6) is 0 Å². The lowest BCUT2D eigenvalue weighted by Gasteiger charge is -2.49. The molecular formula is C16H24O9. The molecule has 1 rings (SSSR count). The molecule has 0 aromatic heterocycles. The second-order valence-corrected chi connectivity index (χ2v) is 6.00. The Labute approximate surface area is 145 Å². The largest absolute Gasteiger partial charge is 0.463 e. The van der Waals surface area contributed by atoms with Crippen LogP contribution in [-0.2, 0) is 42.9 Å². The standard InChI is InChI=1S/C16H24O9/c1-8-16(6,25-12(5)20)15(24-11(4)19)14(23-10(3)18)13(22-8)7-21-9(2)17/h8,13-15H,7H2,1-6H3/t8?,13-,14-,15+,16-/m1/s1. The molecule has 9 heteroatoms. The van der Waals surface area contributed by atoms with E-state index in [9.17, 15) is 19.2 Å². The van der Waals surface area contributed by atoms with Crippen LogP contribution >= 0.6 is 0 Å². The summed E-state index contributed by atoms with van der Waals surface area (Å²) in [6.45, 7) is 7.70. The average molecular weight is 360 g/mol. The van der Waals surface area contributed by atoms with E-state index in [1.54, 1.807) is 6.92 Å². The predicted octanol–water partition coefficient (Wildman–Crippen LogP) is 0.522. The van der Waals surface area contributed by atoms with Crippen molar-refractivity contribution in [2.75, 3.05) is 6.61 Å². The van der Waals surface area contributed by atoms with Crippen molar-refractivity contribution in [3.8, 4) is 0 Å². The van der Waals surface area contributed by atoms with Gasteiger partial charge in [-0.1, -0.05) is 0 Å². The summed E-state index contributed by atoms with van der Waals surface area (Å²) in [5.74, 6) is -2.47. The molecule has 1 aliphatic rings. The van der Waals surface area contributed by atoms with Crippen molar-refractivity contribution in [3.05, 3.63) is 0 Å². The summed E-state index contributed by atoms with van der Waals surface area (Å²) in [5, 5.41) is 0. The zero-order chi connectivity index (χ0) is 19.4. The van der Waals surface area contributed by atoms with Gasteiger partial charge in [0, 0.05) is 27.7 Å². The van der Waals surface area contributed by atoms with E-state index in [-0.39, 0.29) is 6.61 Å². The van der Waals surface area contributed by atoms with E-state index in [1.807, 2.05) is 0 Å². The Morgan fingerprint density at radius 2 is 1.48 bits per heavy atom. The molecule has 5 atom stereocenters. The van der Waals surface area contributed by atoms with E-state index in [0.717, 1.165) is 0 Å². The number of hydrogen-bond donors (Lipinski definition) is 0. The molecule has 1 heterocycles. The molecule has 0 aliphatic carbocycles. The first-order valence-electron chi connectivity index (χ1n) is 7.80. The fourth-order valence-electron chi connectivity index (χ4n) is 2.70. The lowest BCUT2D eigenvalue weighted by Crippen LogP contribution is -2.67. The van der Waals surface area contributed by atoms with Gasteiger partial charge in [-0.3, -0.25) is 19.2 Å². The fraction of sp³-hybridized carbons (Fsp3) is 0.750. The molecule has 0 N–H and O–H groups in total. The number of hydrogen-bond acceptors (Lipinski definition) is 9. The third-order valence-electron chi connectivity index (χ3n) is 3.83. The van der Waals surface area contributed by atoms with E-state index in [0.29, 0.717) is 0 Å². The summed E-state index contributed by atoms with van der Waals surface area (Å²) in [4.78, 5) is 45.7. The molecule has 0 radical (unpaired) electrons. The van der Waals surface area contributed by atoms with E-state index in [1.165, 1.54) is 34.6 Å². The highest BCUT2D eigenvalue weighted by atomic mass is 16.7. The fourth-order valence-corrected chi connectivity index (χ4v) is 2.70. The smallest absolute Gasteiger partial charge is 0.303 e. The van der Waals surface area contributed by atoms with Gasteiger partial charge >= 0.3 is 23.9 Å². The molecule has 0 aromatic carbocycles. The Bertz CT molecular complexity index is 544. The van der Waals surface area contributed by atoms with E-state index >= 15 is 0 Å². The van der Waals surface area contributed by atoms with Crippen LogP contribution in [0.1, 0.15) is 41.5 Å². The van der Waals surface area contributed by atoms with Gasteiger partial charge in [-0.2, -0.15) is 0 Å². The van der Waals surface area contributed by atoms with Crippen LogP contribution in [0.2, 0.25) is 0 Å².